The van der Waals surface area contributed by atoms with Crippen LogP contribution in [-0.2, 0) is 30.4 Å². The minimum atomic E-state index is -1.35. The number of phenolic OH excluding ortho intramolecular Hbond substituents is 1. The summed E-state index contributed by atoms with van der Waals surface area (Å²) >= 11 is 0. The largest absolute Gasteiger partial charge is 0.508 e. The zero-order chi connectivity index (χ0) is 24.8. The standard InChI is InChI=1S/C10H17N3O6.C9H11NO3/c11-5(1-3-7(12)14)9(17)13-6(10(18)19)2-4-8(15)16;10-8(9(12)13)5-6-1-3-7(11)4-2-6/h5-6H,1-4,11H2,(H2,12,14)(H,13,17)(H,15,16)(H,18,19);1-4,8,11H,5,10H2,(H,12,13)/t5-,6-;8-/m00/s1. The normalized spacial score (nSPS) is 12.9. The molecular weight excluding hydrogens is 428 g/mol. The predicted molar refractivity (Wildman–Crippen MR) is 110 cm³/mol. The van der Waals surface area contributed by atoms with Crippen molar-refractivity contribution in [1.29, 1.82) is 0 Å². The number of phenols is 1. The minimum absolute atomic E-state index is 0.00750. The van der Waals surface area contributed by atoms with Crippen molar-refractivity contribution in [3.63, 3.8) is 0 Å². The van der Waals surface area contributed by atoms with Crippen LogP contribution in [0.3, 0.4) is 0 Å². The molecule has 178 valence electrons. The third-order valence-corrected chi connectivity index (χ3v) is 4.01. The number of carbonyl (C=O) groups excluding carboxylic acids is 2. The molecule has 0 aliphatic carbocycles. The average Bonchev–Trinajstić information content (AvgIpc) is 2.70. The van der Waals surface area contributed by atoms with E-state index in [1.807, 2.05) is 0 Å². The van der Waals surface area contributed by atoms with E-state index in [4.69, 9.17) is 37.6 Å². The predicted octanol–water partition coefficient (Wildman–Crippen LogP) is -1.64. The molecule has 0 aliphatic heterocycles. The van der Waals surface area contributed by atoms with Gasteiger partial charge < -0.3 is 42.9 Å². The molecule has 0 fully saturated rings. The van der Waals surface area contributed by atoms with Crippen molar-refractivity contribution in [3.05, 3.63) is 29.8 Å². The lowest BCUT2D eigenvalue weighted by Gasteiger charge is -2.16. The van der Waals surface area contributed by atoms with E-state index in [2.05, 4.69) is 5.32 Å². The summed E-state index contributed by atoms with van der Waals surface area (Å²) in [6, 6.07) is 3.02. The minimum Gasteiger partial charge on any atom is -0.508 e. The third-order valence-electron chi connectivity index (χ3n) is 4.01. The first kappa shape index (κ1) is 28.3. The summed E-state index contributed by atoms with van der Waals surface area (Å²) in [6.45, 7) is 0. The van der Waals surface area contributed by atoms with Gasteiger partial charge in [-0.3, -0.25) is 19.2 Å². The zero-order valence-electron chi connectivity index (χ0n) is 17.1. The molecule has 0 bridgehead atoms. The van der Waals surface area contributed by atoms with Gasteiger partial charge in [0.2, 0.25) is 11.8 Å². The number of carboxylic acids is 3. The number of benzene rings is 1. The van der Waals surface area contributed by atoms with Gasteiger partial charge in [-0.2, -0.15) is 0 Å². The van der Waals surface area contributed by atoms with Gasteiger partial charge in [-0.05, 0) is 37.0 Å². The van der Waals surface area contributed by atoms with Crippen LogP contribution >= 0.6 is 0 Å². The fraction of sp³-hybridized carbons (Fsp3) is 0.421. The van der Waals surface area contributed by atoms with Crippen LogP contribution in [0.5, 0.6) is 5.75 Å². The Morgan fingerprint density at radius 1 is 0.844 bits per heavy atom. The summed E-state index contributed by atoms with van der Waals surface area (Å²) in [5.74, 6) is -4.76. The summed E-state index contributed by atoms with van der Waals surface area (Å²) in [4.78, 5) is 53.6. The maximum Gasteiger partial charge on any atom is 0.326 e. The third kappa shape index (κ3) is 12.8. The van der Waals surface area contributed by atoms with Crippen LogP contribution in [0.2, 0.25) is 0 Å². The number of rotatable bonds is 12. The van der Waals surface area contributed by atoms with Crippen molar-refractivity contribution in [2.75, 3.05) is 0 Å². The van der Waals surface area contributed by atoms with E-state index in [-0.39, 0.29) is 31.4 Å². The molecule has 13 heteroatoms. The molecule has 11 N–H and O–H groups in total. The Morgan fingerprint density at radius 2 is 1.41 bits per heavy atom. The molecule has 0 heterocycles. The highest BCUT2D eigenvalue weighted by molar-refractivity contribution is 5.87. The van der Waals surface area contributed by atoms with Crippen LogP contribution in [0.4, 0.5) is 0 Å². The lowest BCUT2D eigenvalue weighted by Crippen LogP contribution is -2.48. The van der Waals surface area contributed by atoms with E-state index in [0.29, 0.717) is 0 Å². The second kappa shape index (κ2) is 14.3. The van der Waals surface area contributed by atoms with Crippen molar-refractivity contribution in [3.8, 4) is 5.75 Å². The van der Waals surface area contributed by atoms with Gasteiger partial charge in [0.05, 0.1) is 6.04 Å². The Bertz CT molecular complexity index is 798. The second-order valence-electron chi connectivity index (χ2n) is 6.76. The van der Waals surface area contributed by atoms with Crippen LogP contribution in [0, 0.1) is 0 Å². The van der Waals surface area contributed by atoms with Gasteiger partial charge in [-0.15, -0.1) is 0 Å². The van der Waals surface area contributed by atoms with Gasteiger partial charge in [0, 0.05) is 12.8 Å². The van der Waals surface area contributed by atoms with Gasteiger partial charge in [0.1, 0.15) is 17.8 Å². The monoisotopic (exact) mass is 456 g/mol. The Balaban J connectivity index is 0.000000641. The zero-order valence-corrected chi connectivity index (χ0v) is 17.1. The number of aliphatic carboxylic acids is 3. The van der Waals surface area contributed by atoms with E-state index < -0.39 is 54.3 Å². The maximum atomic E-state index is 11.5. The van der Waals surface area contributed by atoms with Crippen molar-refractivity contribution in [2.24, 2.45) is 17.2 Å². The number of carboxylic acid groups (broad SMARTS) is 3. The Kier molecular flexibility index (Phi) is 12.7. The maximum absolute atomic E-state index is 11.5. The molecule has 0 aliphatic rings. The summed E-state index contributed by atoms with van der Waals surface area (Å²) < 4.78 is 0. The molecule has 0 spiro atoms. The highest BCUT2D eigenvalue weighted by Crippen LogP contribution is 2.10. The van der Waals surface area contributed by atoms with E-state index in [1.165, 1.54) is 12.1 Å². The van der Waals surface area contributed by atoms with E-state index in [0.717, 1.165) is 5.56 Å². The van der Waals surface area contributed by atoms with Crippen molar-refractivity contribution in [1.82, 2.24) is 5.32 Å². The number of nitrogens with one attached hydrogen (secondary N) is 1. The number of primary amides is 1. The van der Waals surface area contributed by atoms with Gasteiger partial charge >= 0.3 is 17.9 Å². The molecular formula is C19H28N4O9. The number of nitrogens with two attached hydrogens (primary N) is 3. The van der Waals surface area contributed by atoms with Gasteiger partial charge in [-0.1, -0.05) is 12.1 Å². The summed E-state index contributed by atoms with van der Waals surface area (Å²) in [7, 11) is 0. The molecule has 13 nitrogen and oxygen atoms in total. The van der Waals surface area contributed by atoms with Crippen molar-refractivity contribution >= 4 is 29.7 Å². The topological polar surface area (TPSA) is 256 Å². The molecule has 1 aromatic carbocycles. The molecule has 0 radical (unpaired) electrons. The lowest BCUT2D eigenvalue weighted by atomic mass is 10.1. The quantitative estimate of drug-likeness (QED) is 0.177. The first-order chi connectivity index (χ1) is 14.8. The number of hydrogen-bond acceptors (Lipinski definition) is 8. The van der Waals surface area contributed by atoms with Crippen molar-refractivity contribution < 1.29 is 44.4 Å². The Morgan fingerprint density at radius 3 is 1.84 bits per heavy atom. The van der Waals surface area contributed by atoms with E-state index >= 15 is 0 Å². The summed E-state index contributed by atoms with van der Waals surface area (Å²) in [6.07, 6.45) is -0.476. The molecule has 2 amide bonds. The Labute approximate surface area is 183 Å². The summed E-state index contributed by atoms with van der Waals surface area (Å²) in [5.41, 5.74) is 16.4. The first-order valence-corrected chi connectivity index (χ1v) is 9.38. The fourth-order valence-corrected chi connectivity index (χ4v) is 2.21. The smallest absolute Gasteiger partial charge is 0.326 e. The van der Waals surface area contributed by atoms with Crippen LogP contribution in [0.25, 0.3) is 0 Å². The number of aromatic hydroxyl groups is 1. The van der Waals surface area contributed by atoms with Crippen LogP contribution in [0.1, 0.15) is 31.2 Å². The number of carbonyl (C=O) groups is 5. The van der Waals surface area contributed by atoms with Crippen LogP contribution in [-0.4, -0.2) is 68.3 Å². The molecule has 32 heavy (non-hydrogen) atoms. The fourth-order valence-electron chi connectivity index (χ4n) is 2.21. The summed E-state index contributed by atoms with van der Waals surface area (Å²) in [5, 5.41) is 36.9. The first-order valence-electron chi connectivity index (χ1n) is 9.38. The van der Waals surface area contributed by atoms with Crippen LogP contribution < -0.4 is 22.5 Å². The molecule has 0 unspecified atom stereocenters. The number of amides is 2. The molecule has 0 saturated carbocycles. The average molecular weight is 456 g/mol. The molecule has 0 saturated heterocycles. The highest BCUT2D eigenvalue weighted by atomic mass is 16.4. The van der Waals surface area contributed by atoms with Gasteiger partial charge in [-0.25, -0.2) is 4.79 Å². The lowest BCUT2D eigenvalue weighted by molar-refractivity contribution is -0.143. The van der Waals surface area contributed by atoms with E-state index in [9.17, 15) is 24.0 Å². The molecule has 1 rings (SSSR count). The van der Waals surface area contributed by atoms with Gasteiger partial charge in [0.25, 0.3) is 0 Å². The highest BCUT2D eigenvalue weighted by Gasteiger charge is 2.24. The number of hydrogen-bond donors (Lipinski definition) is 8. The Hall–Kier alpha value is -3.71. The second-order valence-corrected chi connectivity index (χ2v) is 6.76. The van der Waals surface area contributed by atoms with Gasteiger partial charge in [0.15, 0.2) is 0 Å². The SMILES string of the molecule is NC(=O)CC[C@H](N)C(=O)N[C@@H](CCC(=O)O)C(=O)O.N[C@@H](Cc1ccc(O)cc1)C(=O)O. The molecule has 0 aromatic heterocycles. The molecule has 1 aromatic rings. The van der Waals surface area contributed by atoms with Crippen LogP contribution in [0.15, 0.2) is 24.3 Å². The molecule has 3 atom stereocenters. The van der Waals surface area contributed by atoms with Crippen molar-refractivity contribution in [2.45, 2.75) is 50.2 Å². The van der Waals surface area contributed by atoms with E-state index in [1.54, 1.807) is 12.1 Å².